The molecule has 0 spiro atoms. The number of amides is 3. The summed E-state index contributed by atoms with van der Waals surface area (Å²) in [7, 11) is 1.93. The van der Waals surface area contributed by atoms with Crippen molar-refractivity contribution in [3.63, 3.8) is 0 Å². The van der Waals surface area contributed by atoms with E-state index in [0.29, 0.717) is 24.5 Å². The van der Waals surface area contributed by atoms with Gasteiger partial charge in [-0.3, -0.25) is 4.79 Å². The van der Waals surface area contributed by atoms with Crippen LogP contribution in [0.4, 0.5) is 10.5 Å². The smallest absolute Gasteiger partial charge is 0.322 e. The molecule has 7 heteroatoms. The predicted molar refractivity (Wildman–Crippen MR) is 116 cm³/mol. The van der Waals surface area contributed by atoms with Gasteiger partial charge in [-0.05, 0) is 36.4 Å². The van der Waals surface area contributed by atoms with Crippen LogP contribution < -0.4 is 5.32 Å². The van der Waals surface area contributed by atoms with Crippen LogP contribution in [-0.2, 0) is 24.9 Å². The van der Waals surface area contributed by atoms with E-state index in [4.69, 9.17) is 4.42 Å². The molecule has 0 unspecified atom stereocenters. The lowest BCUT2D eigenvalue weighted by molar-refractivity contribution is -0.133. The van der Waals surface area contributed by atoms with Gasteiger partial charge in [-0.15, -0.1) is 6.58 Å². The van der Waals surface area contributed by atoms with Crippen molar-refractivity contribution in [3.05, 3.63) is 91.2 Å². The Balaban J connectivity index is 1.72. The van der Waals surface area contributed by atoms with Crippen molar-refractivity contribution in [2.24, 2.45) is 7.05 Å². The van der Waals surface area contributed by atoms with E-state index >= 15 is 0 Å². The lowest BCUT2D eigenvalue weighted by Crippen LogP contribution is -2.44. The van der Waals surface area contributed by atoms with Crippen LogP contribution in [0.2, 0.25) is 0 Å². The van der Waals surface area contributed by atoms with Gasteiger partial charge in [0.2, 0.25) is 5.91 Å². The highest BCUT2D eigenvalue weighted by molar-refractivity contribution is 5.92. The molecule has 0 aliphatic rings. The highest BCUT2D eigenvalue weighted by atomic mass is 16.3. The molecule has 0 fully saturated rings. The van der Waals surface area contributed by atoms with Crippen molar-refractivity contribution >= 4 is 17.6 Å². The predicted octanol–water partition coefficient (Wildman–Crippen LogP) is 3.87. The van der Waals surface area contributed by atoms with E-state index in [9.17, 15) is 9.59 Å². The van der Waals surface area contributed by atoms with Crippen molar-refractivity contribution in [3.8, 4) is 0 Å². The summed E-state index contributed by atoms with van der Waals surface area (Å²) in [5.74, 6) is 0.499. The number of rotatable bonds is 9. The van der Waals surface area contributed by atoms with Crippen LogP contribution >= 0.6 is 0 Å². The molecule has 2 aromatic heterocycles. The van der Waals surface area contributed by atoms with Gasteiger partial charge in [0.25, 0.3) is 0 Å². The van der Waals surface area contributed by atoms with Crippen molar-refractivity contribution < 1.29 is 14.0 Å². The van der Waals surface area contributed by atoms with Crippen LogP contribution in [0.5, 0.6) is 0 Å². The zero-order valence-corrected chi connectivity index (χ0v) is 17.0. The lowest BCUT2D eigenvalue weighted by atomic mass is 10.3. The van der Waals surface area contributed by atoms with Crippen LogP contribution in [0, 0.1) is 0 Å². The van der Waals surface area contributed by atoms with Crippen LogP contribution in [0.15, 0.2) is 84.1 Å². The first kappa shape index (κ1) is 21.0. The van der Waals surface area contributed by atoms with Crippen molar-refractivity contribution in [1.82, 2.24) is 14.4 Å². The van der Waals surface area contributed by atoms with Gasteiger partial charge in [-0.1, -0.05) is 24.3 Å². The largest absolute Gasteiger partial charge is 0.467 e. The summed E-state index contributed by atoms with van der Waals surface area (Å²) >= 11 is 0. The van der Waals surface area contributed by atoms with E-state index in [1.807, 2.05) is 54.2 Å². The fourth-order valence-corrected chi connectivity index (χ4v) is 3.04. The first-order chi connectivity index (χ1) is 14.6. The molecule has 30 heavy (non-hydrogen) atoms. The Labute approximate surface area is 176 Å². The van der Waals surface area contributed by atoms with Gasteiger partial charge in [0.1, 0.15) is 12.3 Å². The Morgan fingerprint density at radius 2 is 1.87 bits per heavy atom. The summed E-state index contributed by atoms with van der Waals surface area (Å²) in [6.45, 7) is 4.62. The highest BCUT2D eigenvalue weighted by Gasteiger charge is 2.22. The van der Waals surface area contributed by atoms with E-state index in [0.717, 1.165) is 5.69 Å². The van der Waals surface area contributed by atoms with Gasteiger partial charge in [0.05, 0.1) is 19.4 Å². The van der Waals surface area contributed by atoms with E-state index in [1.54, 1.807) is 35.4 Å². The number of anilines is 1. The molecular formula is C23H26N4O3. The van der Waals surface area contributed by atoms with Gasteiger partial charge < -0.3 is 24.1 Å². The second kappa shape index (κ2) is 10.2. The van der Waals surface area contributed by atoms with Crippen molar-refractivity contribution in [2.75, 3.05) is 18.4 Å². The molecule has 1 N–H and O–H groups in total. The van der Waals surface area contributed by atoms with Crippen LogP contribution in [0.25, 0.3) is 0 Å². The number of para-hydroxylation sites is 1. The van der Waals surface area contributed by atoms with E-state index in [-0.39, 0.29) is 25.0 Å². The topological polar surface area (TPSA) is 70.7 Å². The zero-order valence-electron chi connectivity index (χ0n) is 17.0. The maximum atomic E-state index is 13.2. The molecule has 0 bridgehead atoms. The highest BCUT2D eigenvalue weighted by Crippen LogP contribution is 2.13. The third kappa shape index (κ3) is 5.64. The number of aromatic nitrogens is 1. The van der Waals surface area contributed by atoms with Crippen molar-refractivity contribution in [1.29, 1.82) is 0 Å². The number of aryl methyl sites for hydroxylation is 1. The number of hydrogen-bond donors (Lipinski definition) is 1. The first-order valence-corrected chi connectivity index (χ1v) is 9.69. The quantitative estimate of drug-likeness (QED) is 0.549. The molecule has 1 aromatic carbocycles. The summed E-state index contributed by atoms with van der Waals surface area (Å²) in [5, 5.41) is 2.82. The Morgan fingerprint density at radius 1 is 1.07 bits per heavy atom. The number of hydrogen-bond acceptors (Lipinski definition) is 3. The molecule has 0 atom stereocenters. The molecule has 7 nitrogen and oxygen atoms in total. The Morgan fingerprint density at radius 3 is 2.50 bits per heavy atom. The SMILES string of the molecule is C=CCN(CC(=O)N(Cc1ccco1)Cc1cccn1C)C(=O)Nc1ccccc1. The molecule has 0 saturated heterocycles. The summed E-state index contributed by atoms with van der Waals surface area (Å²) in [6.07, 6.45) is 5.12. The normalized spacial score (nSPS) is 10.4. The van der Waals surface area contributed by atoms with Crippen LogP contribution in [0.1, 0.15) is 11.5 Å². The van der Waals surface area contributed by atoms with Gasteiger partial charge in [-0.25, -0.2) is 4.79 Å². The monoisotopic (exact) mass is 406 g/mol. The summed E-state index contributed by atoms with van der Waals surface area (Å²) in [4.78, 5) is 29.0. The maximum absolute atomic E-state index is 13.2. The van der Waals surface area contributed by atoms with Gasteiger partial charge in [0, 0.05) is 31.2 Å². The van der Waals surface area contributed by atoms with E-state index < -0.39 is 0 Å². The summed E-state index contributed by atoms with van der Waals surface area (Å²) in [5.41, 5.74) is 1.65. The summed E-state index contributed by atoms with van der Waals surface area (Å²) < 4.78 is 7.40. The fraction of sp³-hybridized carbons (Fsp3) is 0.217. The number of carbonyl (C=O) groups is 2. The van der Waals surface area contributed by atoms with Crippen molar-refractivity contribution in [2.45, 2.75) is 13.1 Å². The number of furan rings is 1. The molecule has 3 amide bonds. The number of urea groups is 1. The average molecular weight is 406 g/mol. The summed E-state index contributed by atoms with van der Waals surface area (Å²) in [6, 6.07) is 16.3. The number of benzene rings is 1. The molecule has 0 aliphatic carbocycles. The first-order valence-electron chi connectivity index (χ1n) is 9.69. The molecular weight excluding hydrogens is 380 g/mol. The van der Waals surface area contributed by atoms with Gasteiger partial charge >= 0.3 is 6.03 Å². The third-order valence-electron chi connectivity index (χ3n) is 4.67. The van der Waals surface area contributed by atoms with Crippen LogP contribution in [0.3, 0.4) is 0 Å². The minimum atomic E-state index is -0.355. The van der Waals surface area contributed by atoms with E-state index in [1.165, 1.54) is 4.90 Å². The number of carbonyl (C=O) groups excluding carboxylic acids is 2. The molecule has 3 aromatic rings. The van der Waals surface area contributed by atoms with Gasteiger partial charge in [0.15, 0.2) is 0 Å². The minimum absolute atomic E-state index is 0.0736. The maximum Gasteiger partial charge on any atom is 0.322 e. The lowest BCUT2D eigenvalue weighted by Gasteiger charge is -2.27. The molecule has 156 valence electrons. The number of nitrogens with one attached hydrogen (secondary N) is 1. The molecule has 0 saturated carbocycles. The van der Waals surface area contributed by atoms with Crippen LogP contribution in [-0.4, -0.2) is 39.4 Å². The third-order valence-corrected chi connectivity index (χ3v) is 4.67. The second-order valence-electron chi connectivity index (χ2n) is 6.90. The Hall–Kier alpha value is -3.74. The second-order valence-corrected chi connectivity index (χ2v) is 6.90. The number of nitrogens with zero attached hydrogens (tertiary/aromatic N) is 3. The zero-order chi connectivity index (χ0) is 21.3. The molecule has 0 aliphatic heterocycles. The molecule has 0 radical (unpaired) electrons. The van der Waals surface area contributed by atoms with Gasteiger partial charge in [-0.2, -0.15) is 0 Å². The molecule has 2 heterocycles. The standard InChI is InChI=1S/C23H26N4O3/c1-3-13-26(23(29)24-19-9-5-4-6-10-19)18-22(28)27(17-21-12-8-15-30-21)16-20-11-7-14-25(20)2/h3-12,14-15H,1,13,16-18H2,2H3,(H,24,29). The Kier molecular flexibility index (Phi) is 7.10. The minimum Gasteiger partial charge on any atom is -0.467 e. The fourth-order valence-electron chi connectivity index (χ4n) is 3.04. The average Bonchev–Trinajstić information content (AvgIpc) is 3.40. The van der Waals surface area contributed by atoms with E-state index in [2.05, 4.69) is 11.9 Å². The Bertz CT molecular complexity index is 964. The molecule has 3 rings (SSSR count).